The molecule has 0 aliphatic carbocycles. The summed E-state index contributed by atoms with van der Waals surface area (Å²) in [6.45, 7) is 0. The van der Waals surface area contributed by atoms with Gasteiger partial charge < -0.3 is 0 Å². The van der Waals surface area contributed by atoms with Crippen LogP contribution in [-0.4, -0.2) is 5.78 Å². The molecule has 2 aromatic carbocycles. The van der Waals surface area contributed by atoms with Crippen molar-refractivity contribution in [1.29, 1.82) is 0 Å². The minimum absolute atomic E-state index is 0.178. The van der Waals surface area contributed by atoms with Crippen LogP contribution >= 0.6 is 34.8 Å². The van der Waals surface area contributed by atoms with Crippen LogP contribution in [0.3, 0.4) is 0 Å². The Morgan fingerprint density at radius 1 is 0.952 bits per heavy atom. The lowest BCUT2D eigenvalue weighted by Gasteiger charge is -2.15. The van der Waals surface area contributed by atoms with Crippen molar-refractivity contribution in [1.82, 2.24) is 0 Å². The Bertz CT molecular complexity index is 697. The lowest BCUT2D eigenvalue weighted by atomic mass is 10.0. The molecule has 0 spiro atoms. The molecule has 110 valence electrons. The highest BCUT2D eigenvalue weighted by Crippen LogP contribution is 2.44. The zero-order valence-corrected chi connectivity index (χ0v) is 12.4. The van der Waals surface area contributed by atoms with Crippen LogP contribution in [0.25, 0.3) is 0 Å². The maximum Gasteiger partial charge on any atom is 0.419 e. The molecule has 0 saturated carbocycles. The van der Waals surface area contributed by atoms with Crippen molar-refractivity contribution in [3.8, 4) is 0 Å². The Balaban J connectivity index is 2.68. The molecule has 2 aromatic rings. The van der Waals surface area contributed by atoms with E-state index in [0.717, 1.165) is 6.07 Å². The average Bonchev–Trinajstić information content (AvgIpc) is 2.37. The summed E-state index contributed by atoms with van der Waals surface area (Å²) < 4.78 is 38.9. The van der Waals surface area contributed by atoms with Gasteiger partial charge in [0.2, 0.25) is 0 Å². The zero-order chi connectivity index (χ0) is 15.8. The van der Waals surface area contributed by atoms with Crippen molar-refractivity contribution in [2.75, 3.05) is 0 Å². The van der Waals surface area contributed by atoms with Crippen molar-refractivity contribution >= 4 is 40.6 Å². The molecule has 1 nitrogen and oxygen atoms in total. The fourth-order valence-electron chi connectivity index (χ4n) is 1.79. The molecule has 7 heteroatoms. The quantitative estimate of drug-likeness (QED) is 0.615. The molecule has 0 N–H and O–H groups in total. The molecule has 0 amide bonds. The minimum atomic E-state index is -4.79. The third-order valence-electron chi connectivity index (χ3n) is 2.72. The number of hydrogen-bond acceptors (Lipinski definition) is 1. The van der Waals surface area contributed by atoms with Crippen LogP contribution in [0.2, 0.25) is 15.1 Å². The van der Waals surface area contributed by atoms with Gasteiger partial charge in [0, 0.05) is 5.56 Å². The predicted molar refractivity (Wildman–Crippen MR) is 76.3 cm³/mol. The second-order valence-corrected chi connectivity index (χ2v) is 5.29. The van der Waals surface area contributed by atoms with E-state index in [9.17, 15) is 18.0 Å². The second kappa shape index (κ2) is 5.87. The molecule has 2 rings (SSSR count). The topological polar surface area (TPSA) is 17.1 Å². The van der Waals surface area contributed by atoms with Crippen LogP contribution in [-0.2, 0) is 6.18 Å². The lowest BCUT2D eigenvalue weighted by Crippen LogP contribution is -2.12. The van der Waals surface area contributed by atoms with E-state index in [2.05, 4.69) is 0 Å². The van der Waals surface area contributed by atoms with Gasteiger partial charge in [-0.25, -0.2) is 0 Å². The number of carbonyl (C=O) groups excluding carboxylic acids is 1. The molecule has 0 aliphatic heterocycles. The van der Waals surface area contributed by atoms with Gasteiger partial charge in [-0.05, 0) is 6.07 Å². The minimum Gasteiger partial charge on any atom is -0.288 e. The van der Waals surface area contributed by atoms with E-state index in [0.29, 0.717) is 0 Å². The highest BCUT2D eigenvalue weighted by Gasteiger charge is 2.38. The van der Waals surface area contributed by atoms with E-state index in [1.54, 1.807) is 18.2 Å². The summed E-state index contributed by atoms with van der Waals surface area (Å²) in [4.78, 5) is 12.3. The first-order valence-corrected chi connectivity index (χ1v) is 6.71. The Hall–Kier alpha value is -1.23. The summed E-state index contributed by atoms with van der Waals surface area (Å²) in [7, 11) is 0. The number of hydrogen-bond donors (Lipinski definition) is 0. The number of ketones is 1. The Kier molecular flexibility index (Phi) is 4.51. The predicted octanol–water partition coefficient (Wildman–Crippen LogP) is 5.90. The first-order valence-electron chi connectivity index (χ1n) is 5.58. The van der Waals surface area contributed by atoms with E-state index < -0.39 is 33.1 Å². The van der Waals surface area contributed by atoms with E-state index in [4.69, 9.17) is 34.8 Å². The Morgan fingerprint density at radius 2 is 1.52 bits per heavy atom. The molecule has 0 atom stereocenters. The maximum absolute atomic E-state index is 13.0. The van der Waals surface area contributed by atoms with Gasteiger partial charge in [0.1, 0.15) is 0 Å². The first-order chi connectivity index (χ1) is 9.73. The number of rotatable bonds is 2. The first kappa shape index (κ1) is 16.1. The lowest BCUT2D eigenvalue weighted by molar-refractivity contribution is -0.137. The fraction of sp³-hybridized carbons (Fsp3) is 0.0714. The number of benzene rings is 2. The molecule has 0 bridgehead atoms. The third kappa shape index (κ3) is 3.18. The van der Waals surface area contributed by atoms with E-state index >= 15 is 0 Å². The number of carbonyl (C=O) groups is 1. The van der Waals surface area contributed by atoms with Gasteiger partial charge in [0.05, 0.1) is 26.2 Å². The van der Waals surface area contributed by atoms with Crippen molar-refractivity contribution in [2.24, 2.45) is 0 Å². The molecule has 0 saturated heterocycles. The smallest absolute Gasteiger partial charge is 0.288 e. The van der Waals surface area contributed by atoms with Crippen molar-refractivity contribution in [2.45, 2.75) is 6.18 Å². The van der Waals surface area contributed by atoms with Crippen LogP contribution in [0, 0.1) is 0 Å². The van der Waals surface area contributed by atoms with Crippen LogP contribution in [0.15, 0.2) is 36.4 Å². The normalized spacial score (nSPS) is 11.5. The maximum atomic E-state index is 13.0. The summed E-state index contributed by atoms with van der Waals surface area (Å²) in [5, 5.41) is -1.68. The summed E-state index contributed by atoms with van der Waals surface area (Å²) in [5.74, 6) is -0.701. The summed E-state index contributed by atoms with van der Waals surface area (Å²) >= 11 is 17.1. The van der Waals surface area contributed by atoms with Crippen molar-refractivity contribution < 1.29 is 18.0 Å². The van der Waals surface area contributed by atoms with Crippen LogP contribution < -0.4 is 0 Å². The van der Waals surface area contributed by atoms with Gasteiger partial charge in [-0.1, -0.05) is 65.1 Å². The second-order valence-electron chi connectivity index (χ2n) is 4.10. The van der Waals surface area contributed by atoms with Crippen LogP contribution in [0.4, 0.5) is 13.2 Å². The third-order valence-corrected chi connectivity index (χ3v) is 3.69. The van der Waals surface area contributed by atoms with Crippen molar-refractivity contribution in [3.05, 3.63) is 68.2 Å². The van der Waals surface area contributed by atoms with Gasteiger partial charge in [0.25, 0.3) is 0 Å². The highest BCUT2D eigenvalue weighted by atomic mass is 35.5. The summed E-state index contributed by atoms with van der Waals surface area (Å²) in [6, 6.07) is 8.61. The molecule has 0 radical (unpaired) electrons. The van der Waals surface area contributed by atoms with E-state index in [-0.39, 0.29) is 10.6 Å². The van der Waals surface area contributed by atoms with E-state index in [1.165, 1.54) is 12.1 Å². The van der Waals surface area contributed by atoms with Crippen LogP contribution in [0.1, 0.15) is 21.5 Å². The Labute approximate surface area is 133 Å². The number of alkyl halides is 3. The average molecular weight is 354 g/mol. The van der Waals surface area contributed by atoms with Gasteiger partial charge in [-0.3, -0.25) is 4.79 Å². The molecule has 0 unspecified atom stereocenters. The zero-order valence-electron chi connectivity index (χ0n) is 10.1. The molecule has 0 heterocycles. The van der Waals surface area contributed by atoms with Crippen LogP contribution in [0.5, 0.6) is 0 Å². The molecular formula is C14H6Cl3F3O. The van der Waals surface area contributed by atoms with Gasteiger partial charge >= 0.3 is 6.18 Å². The van der Waals surface area contributed by atoms with Gasteiger partial charge in [-0.2, -0.15) is 13.2 Å². The van der Waals surface area contributed by atoms with E-state index in [1.807, 2.05) is 0 Å². The monoisotopic (exact) mass is 352 g/mol. The standard InChI is InChI=1S/C14H6Cl3F3O/c15-8-6-9(16)11(14(18,19)20)12(17)10(8)13(21)7-4-2-1-3-5-7/h1-6H. The SMILES string of the molecule is O=C(c1ccccc1)c1c(Cl)cc(Cl)c(C(F)(F)F)c1Cl. The largest absolute Gasteiger partial charge is 0.419 e. The molecule has 21 heavy (non-hydrogen) atoms. The molecule has 0 aliphatic rings. The summed E-state index contributed by atoms with van der Waals surface area (Å²) in [5.41, 5.74) is -1.51. The van der Waals surface area contributed by atoms with Gasteiger partial charge in [-0.15, -0.1) is 0 Å². The molecular weight excluding hydrogens is 348 g/mol. The Morgan fingerprint density at radius 3 is 2.05 bits per heavy atom. The number of halogens is 6. The van der Waals surface area contributed by atoms with Crippen molar-refractivity contribution in [3.63, 3.8) is 0 Å². The fourth-order valence-corrected chi connectivity index (χ4v) is 2.94. The molecule has 0 aromatic heterocycles. The highest BCUT2D eigenvalue weighted by molar-refractivity contribution is 6.44. The molecule has 0 fully saturated rings. The summed E-state index contributed by atoms with van der Waals surface area (Å²) in [6.07, 6.45) is -4.79. The van der Waals surface area contributed by atoms with Gasteiger partial charge in [0.15, 0.2) is 5.78 Å².